The first-order chi connectivity index (χ1) is 17.0. The standard InChI is InChI=1S/C20H22FN7S.C2HF3O2/c1-13-18(21)15(3-6-23-13)29-17-11-24-16(10-25-17)27-8-4-20(5-9-27)12-28-14(19(20)22)2-7-26-28;3-2(4,5)1(6)7/h2-3,6-7,10-11,19H,4-5,8-9,12,22H2,1H3;(H,6,7)/t19-;/m1./s1. The third-order valence-corrected chi connectivity index (χ3v) is 7.33. The number of carboxylic acids is 1. The maximum Gasteiger partial charge on any atom is 0.490 e. The summed E-state index contributed by atoms with van der Waals surface area (Å²) >= 11 is 1.26. The first-order valence-electron chi connectivity index (χ1n) is 10.9. The van der Waals surface area contributed by atoms with E-state index in [1.54, 1.807) is 31.6 Å². The van der Waals surface area contributed by atoms with Crippen molar-refractivity contribution in [1.29, 1.82) is 0 Å². The second-order valence-electron chi connectivity index (χ2n) is 8.57. The molecule has 0 unspecified atom stereocenters. The van der Waals surface area contributed by atoms with E-state index >= 15 is 0 Å². The number of pyridine rings is 1. The molecule has 1 atom stereocenters. The highest BCUT2D eigenvalue weighted by atomic mass is 32.2. The monoisotopic (exact) mass is 525 g/mol. The Labute approximate surface area is 207 Å². The molecule has 0 aliphatic carbocycles. The number of hydrogen-bond donors (Lipinski definition) is 2. The van der Waals surface area contributed by atoms with Crippen LogP contribution in [0.5, 0.6) is 0 Å². The summed E-state index contributed by atoms with van der Waals surface area (Å²) in [6.07, 6.45) is 3.81. The van der Waals surface area contributed by atoms with Crippen molar-refractivity contribution < 1.29 is 27.5 Å². The zero-order chi connectivity index (χ0) is 26.1. The fourth-order valence-electron chi connectivity index (χ4n) is 4.34. The summed E-state index contributed by atoms with van der Waals surface area (Å²) in [7, 11) is 0. The number of piperidine rings is 1. The van der Waals surface area contributed by atoms with Crippen LogP contribution in [0.2, 0.25) is 0 Å². The molecular formula is C22H23F4N7O2S. The van der Waals surface area contributed by atoms with Crippen LogP contribution in [-0.2, 0) is 11.3 Å². The van der Waals surface area contributed by atoms with Crippen LogP contribution in [0.3, 0.4) is 0 Å². The van der Waals surface area contributed by atoms with E-state index < -0.39 is 12.1 Å². The topological polar surface area (TPSA) is 123 Å². The van der Waals surface area contributed by atoms with E-state index in [0.29, 0.717) is 15.6 Å². The molecular weight excluding hydrogens is 502 g/mol. The van der Waals surface area contributed by atoms with Gasteiger partial charge < -0.3 is 15.7 Å². The molecule has 14 heteroatoms. The van der Waals surface area contributed by atoms with Crippen molar-refractivity contribution in [2.75, 3.05) is 18.0 Å². The lowest BCUT2D eigenvalue weighted by molar-refractivity contribution is -0.192. The van der Waals surface area contributed by atoms with Crippen molar-refractivity contribution in [3.63, 3.8) is 0 Å². The zero-order valence-corrected chi connectivity index (χ0v) is 19.9. The number of anilines is 1. The molecule has 0 bridgehead atoms. The van der Waals surface area contributed by atoms with Gasteiger partial charge in [-0.2, -0.15) is 18.3 Å². The molecule has 3 N–H and O–H groups in total. The molecule has 192 valence electrons. The minimum atomic E-state index is -5.08. The fraction of sp³-hybridized carbons (Fsp3) is 0.409. The van der Waals surface area contributed by atoms with Crippen LogP contribution >= 0.6 is 11.8 Å². The van der Waals surface area contributed by atoms with E-state index in [1.165, 1.54) is 11.8 Å². The Hall–Kier alpha value is -3.26. The minimum Gasteiger partial charge on any atom is -0.475 e. The van der Waals surface area contributed by atoms with Crippen LogP contribution in [-0.4, -0.2) is 55.1 Å². The van der Waals surface area contributed by atoms with Gasteiger partial charge in [0.1, 0.15) is 10.8 Å². The van der Waals surface area contributed by atoms with Crippen LogP contribution in [0.1, 0.15) is 30.3 Å². The molecule has 1 saturated heterocycles. The Morgan fingerprint density at radius 3 is 2.44 bits per heavy atom. The molecule has 0 radical (unpaired) electrons. The van der Waals surface area contributed by atoms with Gasteiger partial charge in [-0.1, -0.05) is 11.8 Å². The van der Waals surface area contributed by atoms with Gasteiger partial charge in [0.15, 0.2) is 5.82 Å². The summed E-state index contributed by atoms with van der Waals surface area (Å²) in [4.78, 5) is 24.7. The van der Waals surface area contributed by atoms with E-state index in [9.17, 15) is 17.6 Å². The molecule has 3 aromatic heterocycles. The van der Waals surface area contributed by atoms with Gasteiger partial charge >= 0.3 is 12.1 Å². The number of alkyl halides is 3. The van der Waals surface area contributed by atoms with Gasteiger partial charge in [0.05, 0.1) is 34.7 Å². The van der Waals surface area contributed by atoms with E-state index in [2.05, 4.69) is 25.0 Å². The SMILES string of the molecule is Cc1nccc(Sc2cnc(N3CCC4(CC3)Cn3nccc3[C@H]4N)cn2)c1F.O=C(O)C(F)(F)F. The number of halogens is 4. The van der Waals surface area contributed by atoms with Crippen molar-refractivity contribution in [2.24, 2.45) is 11.1 Å². The lowest BCUT2D eigenvalue weighted by atomic mass is 9.73. The van der Waals surface area contributed by atoms with Gasteiger partial charge in [0.25, 0.3) is 0 Å². The summed E-state index contributed by atoms with van der Waals surface area (Å²) in [6.45, 7) is 4.32. The number of rotatable bonds is 3. The number of nitrogens with zero attached hydrogens (tertiary/aromatic N) is 6. The Morgan fingerprint density at radius 1 is 1.17 bits per heavy atom. The van der Waals surface area contributed by atoms with Crippen molar-refractivity contribution in [3.8, 4) is 0 Å². The summed E-state index contributed by atoms with van der Waals surface area (Å²) in [5, 5.41) is 12.2. The average molecular weight is 526 g/mol. The summed E-state index contributed by atoms with van der Waals surface area (Å²) in [6, 6.07) is 3.72. The normalized spacial score (nSPS) is 18.5. The molecule has 0 aromatic carbocycles. The smallest absolute Gasteiger partial charge is 0.475 e. The predicted molar refractivity (Wildman–Crippen MR) is 122 cm³/mol. The van der Waals surface area contributed by atoms with Crippen LogP contribution in [0.4, 0.5) is 23.4 Å². The van der Waals surface area contributed by atoms with Crippen molar-refractivity contribution in [2.45, 2.75) is 48.4 Å². The Bertz CT molecular complexity index is 1230. The van der Waals surface area contributed by atoms with Crippen LogP contribution in [0.15, 0.2) is 46.8 Å². The molecule has 5 rings (SSSR count). The fourth-order valence-corrected chi connectivity index (χ4v) is 5.14. The maximum absolute atomic E-state index is 14.2. The lowest BCUT2D eigenvalue weighted by Gasteiger charge is -2.41. The molecule has 5 heterocycles. The van der Waals surface area contributed by atoms with Gasteiger partial charge in [-0.05, 0) is 31.9 Å². The van der Waals surface area contributed by atoms with Crippen molar-refractivity contribution >= 4 is 23.5 Å². The molecule has 9 nitrogen and oxygen atoms in total. The summed E-state index contributed by atoms with van der Waals surface area (Å²) in [5.74, 6) is -2.22. The molecule has 1 fully saturated rings. The zero-order valence-electron chi connectivity index (χ0n) is 19.1. The number of nitrogens with two attached hydrogens (primary N) is 1. The minimum absolute atomic E-state index is 0.0377. The highest BCUT2D eigenvalue weighted by Gasteiger charge is 2.47. The van der Waals surface area contributed by atoms with E-state index in [0.717, 1.165) is 44.0 Å². The maximum atomic E-state index is 14.2. The molecule has 1 spiro atoms. The second kappa shape index (κ2) is 10.0. The second-order valence-corrected chi connectivity index (χ2v) is 9.63. The van der Waals surface area contributed by atoms with Gasteiger partial charge in [-0.25, -0.2) is 19.2 Å². The lowest BCUT2D eigenvalue weighted by Crippen LogP contribution is -2.45. The molecule has 36 heavy (non-hydrogen) atoms. The molecule has 0 saturated carbocycles. The van der Waals surface area contributed by atoms with E-state index in [1.807, 2.05) is 16.9 Å². The van der Waals surface area contributed by atoms with Crippen molar-refractivity contribution in [1.82, 2.24) is 24.7 Å². The van der Waals surface area contributed by atoms with E-state index in [-0.39, 0.29) is 17.3 Å². The number of fused-ring (bicyclic) bond motifs is 1. The molecule has 0 amide bonds. The largest absolute Gasteiger partial charge is 0.490 e. The Balaban J connectivity index is 0.000000384. The third kappa shape index (κ3) is 5.28. The van der Waals surface area contributed by atoms with Gasteiger partial charge in [0.2, 0.25) is 0 Å². The molecule has 2 aliphatic heterocycles. The van der Waals surface area contributed by atoms with E-state index in [4.69, 9.17) is 15.6 Å². The molecule has 2 aliphatic rings. The third-order valence-electron chi connectivity index (χ3n) is 6.38. The number of aromatic nitrogens is 5. The number of carboxylic acid groups (broad SMARTS) is 1. The highest BCUT2D eigenvalue weighted by molar-refractivity contribution is 7.99. The van der Waals surface area contributed by atoms with Crippen LogP contribution in [0, 0.1) is 18.2 Å². The first kappa shape index (κ1) is 25.8. The highest BCUT2D eigenvalue weighted by Crippen LogP contribution is 2.47. The number of aryl methyl sites for hydroxylation is 1. The van der Waals surface area contributed by atoms with Crippen LogP contribution < -0.4 is 10.6 Å². The van der Waals surface area contributed by atoms with Gasteiger partial charge in [-0.15, -0.1) is 0 Å². The Morgan fingerprint density at radius 2 is 1.86 bits per heavy atom. The van der Waals surface area contributed by atoms with Gasteiger partial charge in [-0.3, -0.25) is 9.67 Å². The number of hydrogen-bond acceptors (Lipinski definition) is 8. The summed E-state index contributed by atoms with van der Waals surface area (Å²) in [5.41, 5.74) is 8.16. The quantitative estimate of drug-likeness (QED) is 0.494. The predicted octanol–water partition coefficient (Wildman–Crippen LogP) is 3.60. The van der Waals surface area contributed by atoms with Crippen molar-refractivity contribution in [3.05, 3.63) is 54.1 Å². The van der Waals surface area contributed by atoms with Crippen LogP contribution in [0.25, 0.3) is 0 Å². The first-order valence-corrected chi connectivity index (χ1v) is 11.8. The van der Waals surface area contributed by atoms with Gasteiger partial charge in [0, 0.05) is 37.4 Å². The Kier molecular flexibility index (Phi) is 7.18. The molecule has 3 aromatic rings. The summed E-state index contributed by atoms with van der Waals surface area (Å²) < 4.78 is 47.9. The number of aliphatic carboxylic acids is 1. The number of carbonyl (C=O) groups is 1. The average Bonchev–Trinajstić information content (AvgIpc) is 3.39.